The minimum atomic E-state index is -0.141. The molecule has 2 nitrogen and oxygen atoms in total. The summed E-state index contributed by atoms with van der Waals surface area (Å²) in [5, 5.41) is 0.251. The molecule has 1 aromatic rings. The third kappa shape index (κ3) is 1.84. The van der Waals surface area contributed by atoms with Crippen molar-refractivity contribution in [3.8, 4) is 0 Å². The Balaban J connectivity index is 3.37. The molecule has 0 aliphatic heterocycles. The molecule has 0 N–H and O–H groups in total. The maximum atomic E-state index is 11.2. The second-order valence-corrected chi connectivity index (χ2v) is 3.42. The molecule has 0 atom stereocenters. The first-order valence-electron chi connectivity index (χ1n) is 3.20. The largest absolute Gasteiger partial charge is 0.313 e. The third-order valence-electron chi connectivity index (χ3n) is 1.35. The number of nitrogens with zero attached hydrogens (tertiary/aromatic N) is 1. The zero-order valence-electron chi connectivity index (χ0n) is 5.97. The number of pyridine rings is 1. The lowest BCUT2D eigenvalue weighted by molar-refractivity contribution is 0.724. The maximum absolute atomic E-state index is 11.2. The number of hydrogen-bond acceptors (Lipinski definition) is 1. The van der Waals surface area contributed by atoms with Gasteiger partial charge in [0, 0.05) is 17.2 Å². The topological polar surface area (TPSA) is 22.0 Å². The molecule has 0 amide bonds. The molecular weight excluding hydrogens is 229 g/mol. The molecule has 0 unspecified atom stereocenters. The summed E-state index contributed by atoms with van der Waals surface area (Å²) in [6.07, 6.45) is 1.72. The van der Waals surface area contributed by atoms with Crippen molar-refractivity contribution >= 4 is 27.5 Å². The fraction of sp³-hybridized carbons (Fsp3) is 0.286. The van der Waals surface area contributed by atoms with Gasteiger partial charge in [-0.15, -0.1) is 0 Å². The average Bonchev–Trinajstić information content (AvgIpc) is 1.96. The number of halogens is 2. The van der Waals surface area contributed by atoms with Crippen LogP contribution in [0.2, 0.25) is 5.02 Å². The van der Waals surface area contributed by atoms with Crippen LogP contribution >= 0.6 is 27.5 Å². The second kappa shape index (κ2) is 3.41. The van der Waals surface area contributed by atoms with E-state index in [1.807, 2.05) is 6.92 Å². The lowest BCUT2D eigenvalue weighted by Crippen LogP contribution is -2.18. The van der Waals surface area contributed by atoms with Gasteiger partial charge in [0.05, 0.1) is 0 Å². The van der Waals surface area contributed by atoms with Crippen LogP contribution in [0.25, 0.3) is 0 Å². The molecule has 1 aromatic heterocycles. The Hall–Kier alpha value is -0.280. The van der Waals surface area contributed by atoms with E-state index in [0.29, 0.717) is 6.54 Å². The van der Waals surface area contributed by atoms with Gasteiger partial charge in [-0.25, -0.2) is 0 Å². The van der Waals surface area contributed by atoms with Gasteiger partial charge in [-0.05, 0) is 28.9 Å². The summed E-state index contributed by atoms with van der Waals surface area (Å²) in [7, 11) is 0. The van der Waals surface area contributed by atoms with Crippen molar-refractivity contribution < 1.29 is 0 Å². The summed E-state index contributed by atoms with van der Waals surface area (Å²) in [5.41, 5.74) is -0.141. The second-order valence-electron chi connectivity index (χ2n) is 2.10. The molecule has 60 valence electrons. The Bertz CT molecular complexity index is 321. The minimum Gasteiger partial charge on any atom is -0.313 e. The number of aryl methyl sites for hydroxylation is 1. The number of rotatable bonds is 1. The molecule has 0 aliphatic rings. The molecule has 11 heavy (non-hydrogen) atoms. The lowest BCUT2D eigenvalue weighted by atomic mass is 10.4. The summed E-state index contributed by atoms with van der Waals surface area (Å²) >= 11 is 8.88. The average molecular weight is 236 g/mol. The molecule has 0 radical (unpaired) electrons. The van der Waals surface area contributed by atoms with Crippen molar-refractivity contribution in [2.24, 2.45) is 0 Å². The molecule has 4 heteroatoms. The molecule has 0 saturated heterocycles. The first-order valence-corrected chi connectivity index (χ1v) is 4.37. The van der Waals surface area contributed by atoms with Crippen LogP contribution in [0.1, 0.15) is 6.92 Å². The van der Waals surface area contributed by atoms with Crippen LogP contribution in [0.5, 0.6) is 0 Å². The Labute approximate surface area is 77.9 Å². The predicted octanol–water partition coefficient (Wildman–Crippen LogP) is 2.28. The van der Waals surface area contributed by atoms with Gasteiger partial charge in [-0.1, -0.05) is 11.6 Å². The van der Waals surface area contributed by atoms with Crippen molar-refractivity contribution in [1.82, 2.24) is 4.57 Å². The molecule has 1 heterocycles. The molecule has 0 aromatic carbocycles. The van der Waals surface area contributed by atoms with Crippen LogP contribution < -0.4 is 5.56 Å². The predicted molar refractivity (Wildman–Crippen MR) is 49.1 cm³/mol. The maximum Gasteiger partial charge on any atom is 0.269 e. The quantitative estimate of drug-likeness (QED) is 0.733. The van der Waals surface area contributed by atoms with Gasteiger partial charge in [0.15, 0.2) is 0 Å². The van der Waals surface area contributed by atoms with E-state index in [2.05, 4.69) is 15.9 Å². The van der Waals surface area contributed by atoms with E-state index < -0.39 is 0 Å². The number of hydrogen-bond donors (Lipinski definition) is 0. The zero-order chi connectivity index (χ0) is 8.43. The molecule has 0 fully saturated rings. The van der Waals surface area contributed by atoms with Gasteiger partial charge >= 0.3 is 0 Å². The highest BCUT2D eigenvalue weighted by molar-refractivity contribution is 9.10. The van der Waals surface area contributed by atoms with Crippen molar-refractivity contribution in [3.05, 3.63) is 32.1 Å². The Morgan fingerprint density at radius 3 is 2.91 bits per heavy atom. The van der Waals surface area contributed by atoms with Gasteiger partial charge in [-0.3, -0.25) is 4.79 Å². The van der Waals surface area contributed by atoms with Gasteiger partial charge in [0.2, 0.25) is 0 Å². The van der Waals surface area contributed by atoms with E-state index >= 15 is 0 Å². The Morgan fingerprint density at radius 1 is 1.73 bits per heavy atom. The highest BCUT2D eigenvalue weighted by Gasteiger charge is 2.00. The highest BCUT2D eigenvalue weighted by Crippen LogP contribution is 2.11. The molecular formula is C7H7BrClNO. The summed E-state index contributed by atoms with van der Waals surface area (Å²) in [6, 6.07) is 1.59. The van der Waals surface area contributed by atoms with Gasteiger partial charge < -0.3 is 4.57 Å². The fourth-order valence-corrected chi connectivity index (χ4v) is 1.63. The first kappa shape index (κ1) is 8.81. The van der Waals surface area contributed by atoms with Crippen LogP contribution in [0.4, 0.5) is 0 Å². The van der Waals surface area contributed by atoms with Gasteiger partial charge in [0.25, 0.3) is 5.56 Å². The zero-order valence-corrected chi connectivity index (χ0v) is 8.32. The van der Waals surface area contributed by atoms with Crippen molar-refractivity contribution in [1.29, 1.82) is 0 Å². The van der Waals surface area contributed by atoms with Crippen molar-refractivity contribution in [2.75, 3.05) is 0 Å². The smallest absolute Gasteiger partial charge is 0.269 e. The van der Waals surface area contributed by atoms with E-state index in [1.54, 1.807) is 16.8 Å². The summed E-state index contributed by atoms with van der Waals surface area (Å²) in [4.78, 5) is 11.2. The van der Waals surface area contributed by atoms with Gasteiger partial charge in [-0.2, -0.15) is 0 Å². The van der Waals surface area contributed by atoms with Crippen LogP contribution in [0, 0.1) is 0 Å². The third-order valence-corrected chi connectivity index (χ3v) is 2.05. The highest BCUT2D eigenvalue weighted by atomic mass is 79.9. The summed E-state index contributed by atoms with van der Waals surface area (Å²) in [5.74, 6) is 0. The van der Waals surface area contributed by atoms with E-state index in [-0.39, 0.29) is 10.6 Å². The van der Waals surface area contributed by atoms with Crippen molar-refractivity contribution in [2.45, 2.75) is 13.5 Å². The van der Waals surface area contributed by atoms with Crippen LogP contribution in [0.3, 0.4) is 0 Å². The SMILES string of the molecule is CCn1cc(Br)cc(Cl)c1=O. The normalized spacial score (nSPS) is 10.1. The Kier molecular flexibility index (Phi) is 2.73. The number of aromatic nitrogens is 1. The standard InChI is InChI=1S/C7H7BrClNO/c1-2-10-4-5(8)3-6(9)7(10)11/h3-4H,2H2,1H3. The monoisotopic (exact) mass is 235 g/mol. The van der Waals surface area contributed by atoms with E-state index in [0.717, 1.165) is 4.47 Å². The van der Waals surface area contributed by atoms with Crippen LogP contribution in [-0.2, 0) is 6.54 Å². The first-order chi connectivity index (χ1) is 5.15. The van der Waals surface area contributed by atoms with Crippen LogP contribution in [0.15, 0.2) is 21.5 Å². The van der Waals surface area contributed by atoms with Crippen molar-refractivity contribution in [3.63, 3.8) is 0 Å². The van der Waals surface area contributed by atoms with Crippen LogP contribution in [-0.4, -0.2) is 4.57 Å². The molecule has 0 aliphatic carbocycles. The van der Waals surface area contributed by atoms with Gasteiger partial charge in [0.1, 0.15) is 5.02 Å². The Morgan fingerprint density at radius 2 is 2.36 bits per heavy atom. The molecule has 0 saturated carbocycles. The molecule has 0 spiro atoms. The van der Waals surface area contributed by atoms with E-state index in [9.17, 15) is 4.79 Å². The van der Waals surface area contributed by atoms with E-state index in [4.69, 9.17) is 11.6 Å². The minimum absolute atomic E-state index is 0.141. The fourth-order valence-electron chi connectivity index (χ4n) is 0.800. The summed E-state index contributed by atoms with van der Waals surface area (Å²) < 4.78 is 2.37. The van der Waals surface area contributed by atoms with E-state index in [1.165, 1.54) is 0 Å². The molecule has 0 bridgehead atoms. The summed E-state index contributed by atoms with van der Waals surface area (Å²) in [6.45, 7) is 2.53. The lowest BCUT2D eigenvalue weighted by Gasteiger charge is -2.01. The molecule has 1 rings (SSSR count).